The number of hydrogen-bond acceptors (Lipinski definition) is 4. The van der Waals surface area contributed by atoms with Gasteiger partial charge in [-0.05, 0) is 50.4 Å². The molecule has 0 aromatic carbocycles. The third kappa shape index (κ3) is 1.90. The van der Waals surface area contributed by atoms with Gasteiger partial charge in [0, 0.05) is 12.3 Å². The van der Waals surface area contributed by atoms with Crippen molar-refractivity contribution in [1.82, 2.24) is 0 Å². The molecule has 4 aliphatic heterocycles. The van der Waals surface area contributed by atoms with Crippen LogP contribution >= 0.6 is 0 Å². The molecular weight excluding hydrogens is 280 g/mol. The van der Waals surface area contributed by atoms with Crippen LogP contribution in [0.4, 0.5) is 0 Å². The van der Waals surface area contributed by atoms with Crippen LogP contribution in [0.5, 0.6) is 0 Å². The molecule has 0 amide bonds. The molecule has 5 fully saturated rings. The molecule has 1 aliphatic carbocycles. The average molecular weight is 308 g/mol. The van der Waals surface area contributed by atoms with Gasteiger partial charge >= 0.3 is 0 Å². The van der Waals surface area contributed by atoms with Crippen LogP contribution in [-0.2, 0) is 19.2 Å². The number of ether oxygens (including phenoxy) is 2. The topological polar surface area (TPSA) is 36.9 Å². The largest absolute Gasteiger partial charge is 0.346 e. The Morgan fingerprint density at radius 3 is 2.73 bits per heavy atom. The van der Waals surface area contributed by atoms with Gasteiger partial charge in [0.05, 0.1) is 6.10 Å². The maximum atomic E-state index is 6.40. The smallest absolute Gasteiger partial charge is 0.201 e. The fourth-order valence-electron chi connectivity index (χ4n) is 5.41. The monoisotopic (exact) mass is 308 g/mol. The van der Waals surface area contributed by atoms with Crippen molar-refractivity contribution in [2.24, 2.45) is 23.7 Å². The van der Waals surface area contributed by atoms with Gasteiger partial charge in [-0.3, -0.25) is 0 Å². The molecule has 8 atom stereocenters. The molecule has 5 rings (SSSR count). The van der Waals surface area contributed by atoms with Gasteiger partial charge in [-0.2, -0.15) is 0 Å². The maximum absolute atomic E-state index is 6.40. The summed E-state index contributed by atoms with van der Waals surface area (Å²) in [6.45, 7) is 10.5. The normalized spacial score (nSPS) is 57.0. The molecule has 4 nitrogen and oxygen atoms in total. The second-order valence-electron chi connectivity index (χ2n) is 7.97. The summed E-state index contributed by atoms with van der Waals surface area (Å²) in [5, 5.41) is 0. The van der Waals surface area contributed by atoms with E-state index in [0.29, 0.717) is 23.7 Å². The molecule has 5 aliphatic rings. The number of fused-ring (bicyclic) bond motifs is 2. The van der Waals surface area contributed by atoms with Crippen LogP contribution in [0.1, 0.15) is 52.9 Å². The Labute approximate surface area is 133 Å². The van der Waals surface area contributed by atoms with Gasteiger partial charge in [0.2, 0.25) is 5.79 Å². The molecule has 1 saturated carbocycles. The molecular formula is C18H28O4. The molecule has 124 valence electrons. The molecule has 4 heterocycles. The summed E-state index contributed by atoms with van der Waals surface area (Å²) in [7, 11) is 0. The van der Waals surface area contributed by atoms with E-state index in [-0.39, 0.29) is 12.4 Å². The molecule has 22 heavy (non-hydrogen) atoms. The summed E-state index contributed by atoms with van der Waals surface area (Å²) >= 11 is 0. The Morgan fingerprint density at radius 1 is 1.14 bits per heavy atom. The van der Waals surface area contributed by atoms with E-state index < -0.39 is 11.4 Å². The van der Waals surface area contributed by atoms with Gasteiger partial charge in [0.15, 0.2) is 11.9 Å². The Morgan fingerprint density at radius 2 is 1.95 bits per heavy atom. The van der Waals surface area contributed by atoms with Crippen molar-refractivity contribution in [2.75, 3.05) is 0 Å². The molecule has 1 spiro atoms. The minimum atomic E-state index is -0.670. The Balaban J connectivity index is 1.77. The molecule has 0 aromatic rings. The van der Waals surface area contributed by atoms with E-state index in [4.69, 9.17) is 19.2 Å². The van der Waals surface area contributed by atoms with Crippen LogP contribution in [-0.4, -0.2) is 23.8 Å². The predicted molar refractivity (Wildman–Crippen MR) is 81.6 cm³/mol. The molecule has 4 saturated heterocycles. The predicted octanol–water partition coefficient (Wildman–Crippen LogP) is 3.81. The first kappa shape index (κ1) is 15.1. The van der Waals surface area contributed by atoms with Gasteiger partial charge in [-0.25, -0.2) is 9.78 Å². The lowest BCUT2D eigenvalue weighted by Crippen LogP contribution is -2.70. The quantitative estimate of drug-likeness (QED) is 0.574. The van der Waals surface area contributed by atoms with E-state index in [1.54, 1.807) is 0 Å². The SMILES string of the molecule is C=CC[C@H]1O[C@@H]2O[C@@]3(C)CC[C@H]4[C@H](C)CC[C@@H]([C@H]1C)[C@@]24OO3. The summed E-state index contributed by atoms with van der Waals surface area (Å²) in [5.41, 5.74) is -0.426. The molecule has 0 radical (unpaired) electrons. The van der Waals surface area contributed by atoms with Crippen molar-refractivity contribution in [1.29, 1.82) is 0 Å². The van der Waals surface area contributed by atoms with Crippen molar-refractivity contribution in [3.63, 3.8) is 0 Å². The fraction of sp³-hybridized carbons (Fsp3) is 0.889. The average Bonchev–Trinajstić information content (AvgIpc) is 2.71. The third-order valence-corrected chi connectivity index (χ3v) is 6.69. The lowest BCUT2D eigenvalue weighted by Gasteiger charge is -2.60. The minimum absolute atomic E-state index is 0.165. The minimum Gasteiger partial charge on any atom is -0.346 e. The summed E-state index contributed by atoms with van der Waals surface area (Å²) in [5.74, 6) is 1.27. The fourth-order valence-corrected chi connectivity index (χ4v) is 5.41. The van der Waals surface area contributed by atoms with Crippen LogP contribution in [0.25, 0.3) is 0 Å². The third-order valence-electron chi connectivity index (χ3n) is 6.69. The van der Waals surface area contributed by atoms with Crippen molar-refractivity contribution < 1.29 is 19.2 Å². The Hall–Kier alpha value is -0.420. The molecule has 0 N–H and O–H groups in total. The highest BCUT2D eigenvalue weighted by Crippen LogP contribution is 2.60. The van der Waals surface area contributed by atoms with Gasteiger partial charge in [-0.15, -0.1) is 6.58 Å². The van der Waals surface area contributed by atoms with Gasteiger partial charge in [0.1, 0.15) is 0 Å². The Kier molecular flexibility index (Phi) is 3.46. The molecule has 0 unspecified atom stereocenters. The first-order chi connectivity index (χ1) is 10.5. The molecule has 0 aromatic heterocycles. The zero-order valence-corrected chi connectivity index (χ0v) is 13.9. The highest BCUT2D eigenvalue weighted by atomic mass is 17.3. The van der Waals surface area contributed by atoms with E-state index in [1.165, 1.54) is 6.42 Å². The van der Waals surface area contributed by atoms with Crippen molar-refractivity contribution in [3.05, 3.63) is 12.7 Å². The van der Waals surface area contributed by atoms with E-state index in [9.17, 15) is 0 Å². The van der Waals surface area contributed by atoms with Crippen molar-refractivity contribution in [2.45, 2.75) is 76.7 Å². The number of hydrogen-bond donors (Lipinski definition) is 0. The summed E-state index contributed by atoms with van der Waals surface area (Å²) in [4.78, 5) is 11.9. The zero-order chi connectivity index (χ0) is 15.5. The molecule has 2 bridgehead atoms. The van der Waals surface area contributed by atoms with Crippen molar-refractivity contribution in [3.8, 4) is 0 Å². The van der Waals surface area contributed by atoms with Gasteiger partial charge in [-0.1, -0.05) is 19.9 Å². The highest BCUT2D eigenvalue weighted by Gasteiger charge is 2.69. The first-order valence-electron chi connectivity index (χ1n) is 8.81. The van der Waals surface area contributed by atoms with E-state index in [1.807, 2.05) is 13.0 Å². The van der Waals surface area contributed by atoms with Gasteiger partial charge in [0.25, 0.3) is 0 Å². The van der Waals surface area contributed by atoms with Gasteiger partial charge < -0.3 is 9.47 Å². The lowest BCUT2D eigenvalue weighted by atomic mass is 9.57. The standard InChI is InChI=1S/C18H28O4/c1-5-6-15-12(3)14-8-7-11(2)13-9-10-17(4)20-16(19-15)18(13,14)22-21-17/h5,11-16H,1,6-10H2,2-4H3/t11-,12-,13+,14+,15-,16-,17-,18-/m1/s1. The van der Waals surface area contributed by atoms with E-state index in [2.05, 4.69) is 20.4 Å². The van der Waals surface area contributed by atoms with Crippen molar-refractivity contribution >= 4 is 0 Å². The first-order valence-corrected chi connectivity index (χ1v) is 8.81. The highest BCUT2D eigenvalue weighted by molar-refractivity contribution is 5.10. The summed E-state index contributed by atoms with van der Waals surface area (Å²) in [6.07, 6.45) is 7.06. The summed E-state index contributed by atoms with van der Waals surface area (Å²) < 4.78 is 12.7. The van der Waals surface area contributed by atoms with E-state index in [0.717, 1.165) is 25.7 Å². The number of rotatable bonds is 2. The van der Waals surface area contributed by atoms with Crippen LogP contribution < -0.4 is 0 Å². The van der Waals surface area contributed by atoms with Crippen LogP contribution in [0.2, 0.25) is 0 Å². The summed E-state index contributed by atoms with van der Waals surface area (Å²) in [6, 6.07) is 0. The Bertz CT molecular complexity index is 466. The molecule has 4 heteroatoms. The second kappa shape index (κ2) is 5.04. The van der Waals surface area contributed by atoms with Crippen LogP contribution in [0.15, 0.2) is 12.7 Å². The maximum Gasteiger partial charge on any atom is 0.201 e. The lowest BCUT2D eigenvalue weighted by molar-refractivity contribution is -0.571. The van der Waals surface area contributed by atoms with Crippen LogP contribution in [0, 0.1) is 23.7 Å². The second-order valence-corrected chi connectivity index (χ2v) is 7.97. The van der Waals surface area contributed by atoms with Crippen LogP contribution in [0.3, 0.4) is 0 Å². The zero-order valence-electron chi connectivity index (χ0n) is 13.9. The van der Waals surface area contributed by atoms with E-state index >= 15 is 0 Å².